The van der Waals surface area contributed by atoms with E-state index in [2.05, 4.69) is 15.1 Å². The molecule has 82 valence electrons. The fourth-order valence-electron chi connectivity index (χ4n) is 2.24. The van der Waals surface area contributed by atoms with Crippen molar-refractivity contribution in [3.8, 4) is 0 Å². The third-order valence-electron chi connectivity index (χ3n) is 2.98. The first-order valence-electron chi connectivity index (χ1n) is 5.66. The average Bonchev–Trinajstić information content (AvgIpc) is 2.31. The summed E-state index contributed by atoms with van der Waals surface area (Å²) in [7, 11) is 0. The van der Waals surface area contributed by atoms with Gasteiger partial charge in [-0.2, -0.15) is 5.10 Å². The van der Waals surface area contributed by atoms with E-state index in [1.807, 2.05) is 12.1 Å². The molecule has 15 heavy (non-hydrogen) atoms. The largest absolute Gasteiger partial charge is 0.352 e. The van der Waals surface area contributed by atoms with Crippen molar-refractivity contribution in [2.24, 2.45) is 5.73 Å². The van der Waals surface area contributed by atoms with Gasteiger partial charge in [0.25, 0.3) is 0 Å². The highest BCUT2D eigenvalue weighted by Gasteiger charge is 2.22. The van der Waals surface area contributed by atoms with Crippen molar-refractivity contribution in [1.82, 2.24) is 10.2 Å². The Morgan fingerprint density at radius 3 is 3.13 bits per heavy atom. The van der Waals surface area contributed by atoms with Gasteiger partial charge in [-0.1, -0.05) is 0 Å². The minimum absolute atomic E-state index is 0.556. The molecule has 1 fully saturated rings. The second kappa shape index (κ2) is 5.07. The Kier molecular flexibility index (Phi) is 3.50. The number of piperidine rings is 1. The molecule has 1 atom stereocenters. The molecular weight excluding hydrogens is 188 g/mol. The SMILES string of the molecule is NCCC1CCCCN1c1cccnn1. The van der Waals surface area contributed by atoms with Crippen LogP contribution in [0.1, 0.15) is 25.7 Å². The molecule has 1 aliphatic heterocycles. The molecule has 0 spiro atoms. The van der Waals surface area contributed by atoms with Gasteiger partial charge in [0, 0.05) is 18.8 Å². The first kappa shape index (κ1) is 10.4. The molecule has 1 unspecified atom stereocenters. The van der Waals surface area contributed by atoms with Crippen LogP contribution in [-0.2, 0) is 0 Å². The summed E-state index contributed by atoms with van der Waals surface area (Å²) in [6.07, 6.45) is 6.55. The first-order valence-corrected chi connectivity index (χ1v) is 5.66. The average molecular weight is 206 g/mol. The van der Waals surface area contributed by atoms with Gasteiger partial charge in [0.15, 0.2) is 5.82 Å². The highest BCUT2D eigenvalue weighted by molar-refractivity contribution is 5.38. The Balaban J connectivity index is 2.11. The van der Waals surface area contributed by atoms with Crippen LogP contribution >= 0.6 is 0 Å². The minimum Gasteiger partial charge on any atom is -0.352 e. The number of hydrogen-bond acceptors (Lipinski definition) is 4. The lowest BCUT2D eigenvalue weighted by atomic mass is 9.99. The van der Waals surface area contributed by atoms with E-state index in [-0.39, 0.29) is 0 Å². The number of aromatic nitrogens is 2. The lowest BCUT2D eigenvalue weighted by Crippen LogP contribution is -2.41. The fourth-order valence-corrected chi connectivity index (χ4v) is 2.24. The molecule has 2 rings (SSSR count). The van der Waals surface area contributed by atoms with Crippen molar-refractivity contribution in [2.75, 3.05) is 18.0 Å². The van der Waals surface area contributed by atoms with Crippen LogP contribution in [0.5, 0.6) is 0 Å². The van der Waals surface area contributed by atoms with Gasteiger partial charge in [-0.05, 0) is 44.4 Å². The maximum absolute atomic E-state index is 5.64. The highest BCUT2D eigenvalue weighted by Crippen LogP contribution is 2.23. The van der Waals surface area contributed by atoms with E-state index in [1.165, 1.54) is 19.3 Å². The Morgan fingerprint density at radius 2 is 2.40 bits per heavy atom. The zero-order valence-electron chi connectivity index (χ0n) is 8.97. The van der Waals surface area contributed by atoms with Crippen LogP contribution in [0.25, 0.3) is 0 Å². The first-order chi connectivity index (χ1) is 7.42. The van der Waals surface area contributed by atoms with Gasteiger partial charge in [-0.15, -0.1) is 5.10 Å². The van der Waals surface area contributed by atoms with Crippen molar-refractivity contribution in [3.63, 3.8) is 0 Å². The summed E-state index contributed by atoms with van der Waals surface area (Å²) >= 11 is 0. The second-order valence-electron chi connectivity index (χ2n) is 4.00. The smallest absolute Gasteiger partial charge is 0.151 e. The number of rotatable bonds is 3. The van der Waals surface area contributed by atoms with Crippen molar-refractivity contribution in [1.29, 1.82) is 0 Å². The quantitative estimate of drug-likeness (QED) is 0.807. The molecule has 4 nitrogen and oxygen atoms in total. The molecule has 0 aliphatic carbocycles. The van der Waals surface area contributed by atoms with Crippen LogP contribution in [0.15, 0.2) is 18.3 Å². The standard InChI is InChI=1S/C11H18N4/c12-7-6-10-4-1-2-9-15(10)11-5-3-8-13-14-11/h3,5,8,10H,1-2,4,6-7,9,12H2. The molecule has 0 amide bonds. The van der Waals surface area contributed by atoms with Crippen molar-refractivity contribution in [2.45, 2.75) is 31.7 Å². The second-order valence-corrected chi connectivity index (χ2v) is 4.00. The fraction of sp³-hybridized carbons (Fsp3) is 0.636. The predicted octanol–water partition coefficient (Wildman–Crippen LogP) is 1.18. The monoisotopic (exact) mass is 206 g/mol. The van der Waals surface area contributed by atoms with E-state index < -0.39 is 0 Å². The van der Waals surface area contributed by atoms with Crippen molar-refractivity contribution >= 4 is 5.82 Å². The summed E-state index contributed by atoms with van der Waals surface area (Å²) in [5, 5.41) is 8.10. The molecule has 2 heterocycles. The molecule has 1 aromatic rings. The predicted molar refractivity (Wildman–Crippen MR) is 60.7 cm³/mol. The van der Waals surface area contributed by atoms with Crippen LogP contribution in [0.3, 0.4) is 0 Å². The van der Waals surface area contributed by atoms with Gasteiger partial charge in [0.05, 0.1) is 0 Å². The lowest BCUT2D eigenvalue weighted by molar-refractivity contribution is 0.437. The van der Waals surface area contributed by atoms with E-state index in [1.54, 1.807) is 6.20 Å². The molecule has 0 radical (unpaired) electrons. The Labute approximate surface area is 90.5 Å². The summed E-state index contributed by atoms with van der Waals surface area (Å²) in [6.45, 7) is 1.84. The minimum atomic E-state index is 0.556. The van der Waals surface area contributed by atoms with Gasteiger partial charge in [-0.25, -0.2) is 0 Å². The summed E-state index contributed by atoms with van der Waals surface area (Å²) < 4.78 is 0. The van der Waals surface area contributed by atoms with Gasteiger partial charge >= 0.3 is 0 Å². The summed E-state index contributed by atoms with van der Waals surface area (Å²) in [5.74, 6) is 0.996. The van der Waals surface area contributed by atoms with Gasteiger partial charge in [-0.3, -0.25) is 0 Å². The summed E-state index contributed by atoms with van der Waals surface area (Å²) in [6, 6.07) is 4.53. The zero-order valence-corrected chi connectivity index (χ0v) is 8.97. The van der Waals surface area contributed by atoms with Crippen LogP contribution in [0.2, 0.25) is 0 Å². The van der Waals surface area contributed by atoms with E-state index in [0.717, 1.165) is 25.3 Å². The van der Waals surface area contributed by atoms with Crippen LogP contribution in [0, 0.1) is 0 Å². The molecule has 0 bridgehead atoms. The molecule has 4 heteroatoms. The van der Waals surface area contributed by atoms with E-state index in [0.29, 0.717) is 6.04 Å². The molecule has 1 saturated heterocycles. The van der Waals surface area contributed by atoms with Crippen molar-refractivity contribution in [3.05, 3.63) is 18.3 Å². The Hall–Kier alpha value is -1.16. The topological polar surface area (TPSA) is 55.0 Å². The maximum atomic E-state index is 5.64. The third kappa shape index (κ3) is 2.45. The van der Waals surface area contributed by atoms with Gasteiger partial charge in [0.1, 0.15) is 0 Å². The summed E-state index contributed by atoms with van der Waals surface area (Å²) in [5.41, 5.74) is 5.64. The van der Waals surface area contributed by atoms with Crippen LogP contribution < -0.4 is 10.6 Å². The number of nitrogens with zero attached hydrogens (tertiary/aromatic N) is 3. The maximum Gasteiger partial charge on any atom is 0.151 e. The van der Waals surface area contributed by atoms with E-state index in [4.69, 9.17) is 5.73 Å². The number of nitrogens with two attached hydrogens (primary N) is 1. The Morgan fingerprint density at radius 1 is 1.47 bits per heavy atom. The van der Waals surface area contributed by atoms with E-state index >= 15 is 0 Å². The molecule has 0 saturated carbocycles. The molecule has 1 aliphatic rings. The third-order valence-corrected chi connectivity index (χ3v) is 2.98. The number of anilines is 1. The normalized spacial score (nSPS) is 21.7. The van der Waals surface area contributed by atoms with Crippen LogP contribution in [-0.4, -0.2) is 29.3 Å². The number of hydrogen-bond donors (Lipinski definition) is 1. The summed E-state index contributed by atoms with van der Waals surface area (Å²) in [4.78, 5) is 2.35. The molecule has 0 aromatic carbocycles. The van der Waals surface area contributed by atoms with Crippen molar-refractivity contribution < 1.29 is 0 Å². The highest BCUT2D eigenvalue weighted by atomic mass is 15.3. The molecule has 2 N–H and O–H groups in total. The van der Waals surface area contributed by atoms with E-state index in [9.17, 15) is 0 Å². The molecular formula is C11H18N4. The van der Waals surface area contributed by atoms with Gasteiger partial charge in [0.2, 0.25) is 0 Å². The van der Waals surface area contributed by atoms with Gasteiger partial charge < -0.3 is 10.6 Å². The Bertz CT molecular complexity index is 286. The lowest BCUT2D eigenvalue weighted by Gasteiger charge is -2.36. The van der Waals surface area contributed by atoms with Crippen LogP contribution in [0.4, 0.5) is 5.82 Å². The molecule has 1 aromatic heterocycles. The zero-order chi connectivity index (χ0) is 10.5.